The van der Waals surface area contributed by atoms with Crippen molar-refractivity contribution in [1.29, 1.82) is 0 Å². The molecule has 0 fully saturated rings. The van der Waals surface area contributed by atoms with Crippen molar-refractivity contribution in [1.82, 2.24) is 0 Å². The Morgan fingerprint density at radius 1 is 1.21 bits per heavy atom. The second-order valence-corrected chi connectivity index (χ2v) is 2.01. The average Bonchev–Trinajstić information content (AvgIpc) is 2.13. The Morgan fingerprint density at radius 2 is 1.79 bits per heavy atom. The van der Waals surface area contributed by atoms with Crippen molar-refractivity contribution in [2.45, 2.75) is 20.1 Å². The fourth-order valence-electron chi connectivity index (χ4n) is 0.634. The summed E-state index contributed by atoms with van der Waals surface area (Å²) in [7, 11) is 0. The Bertz CT molecular complexity index is 236. The third-order valence-electron chi connectivity index (χ3n) is 1.09. The largest absolute Gasteiger partial charge is 1.00 e. The van der Waals surface area contributed by atoms with E-state index < -0.39 is 6.29 Å². The van der Waals surface area contributed by atoms with Crippen LogP contribution in [0.3, 0.4) is 0 Å². The molecule has 0 bridgehead atoms. The van der Waals surface area contributed by atoms with Crippen molar-refractivity contribution in [3.05, 3.63) is 18.6 Å². The molecule has 0 spiro atoms. The number of hydrogen-bond donors (Lipinski definition) is 0. The van der Waals surface area contributed by atoms with Crippen LogP contribution in [-0.2, 0) is 9.47 Å². The summed E-state index contributed by atoms with van der Waals surface area (Å²) in [6.45, 7) is 4.91. The molecule has 0 aliphatic heterocycles. The maximum atomic E-state index is 6.58. The van der Waals surface area contributed by atoms with Gasteiger partial charge < -0.3 is 15.9 Å². The van der Waals surface area contributed by atoms with Gasteiger partial charge >= 0.3 is 18.9 Å². The first-order chi connectivity index (χ1) is 6.35. The van der Waals surface area contributed by atoms with Gasteiger partial charge in [-0.3, -0.25) is 5.92 Å². The smallest absolute Gasteiger partial charge is 0.366 e. The van der Waals surface area contributed by atoms with Gasteiger partial charge in [-0.25, -0.2) is 0 Å². The van der Waals surface area contributed by atoms with E-state index in [-0.39, 0.29) is 18.9 Å². The molecule has 0 aliphatic carbocycles. The zero-order valence-corrected chi connectivity index (χ0v) is 8.96. The normalized spacial score (nSPS) is 9.00. The molecule has 0 radical (unpaired) electrons. The molecule has 70 valence electrons. The SMILES string of the molecule is [C-]#C/C=C\C#CC(OCC)OCC.[Li+]. The molecule has 0 unspecified atom stereocenters. The molecule has 0 aromatic carbocycles. The summed E-state index contributed by atoms with van der Waals surface area (Å²) in [5.74, 6) is 7.54. The summed E-state index contributed by atoms with van der Waals surface area (Å²) in [6.07, 6.45) is 9.06. The van der Waals surface area contributed by atoms with Gasteiger partial charge in [0, 0.05) is 13.2 Å². The molecule has 0 heterocycles. The van der Waals surface area contributed by atoms with Crippen LogP contribution in [0.5, 0.6) is 0 Å². The van der Waals surface area contributed by atoms with Gasteiger partial charge in [0.2, 0.25) is 6.29 Å². The summed E-state index contributed by atoms with van der Waals surface area (Å²) >= 11 is 0. The van der Waals surface area contributed by atoms with Gasteiger partial charge in [0.05, 0.1) is 0 Å². The van der Waals surface area contributed by atoms with Crippen molar-refractivity contribution in [3.8, 4) is 17.8 Å². The maximum absolute atomic E-state index is 6.58. The minimum absolute atomic E-state index is 0. The first kappa shape index (κ1) is 15.8. The van der Waals surface area contributed by atoms with E-state index in [4.69, 9.17) is 15.9 Å². The van der Waals surface area contributed by atoms with E-state index in [0.29, 0.717) is 13.2 Å². The Labute approximate surface area is 98.2 Å². The topological polar surface area (TPSA) is 18.5 Å². The fourth-order valence-corrected chi connectivity index (χ4v) is 0.634. The molecule has 0 rings (SSSR count). The summed E-state index contributed by atoms with van der Waals surface area (Å²) in [5.41, 5.74) is 0. The van der Waals surface area contributed by atoms with E-state index in [1.807, 2.05) is 13.8 Å². The number of hydrogen-bond acceptors (Lipinski definition) is 2. The molecule has 14 heavy (non-hydrogen) atoms. The minimum Gasteiger partial charge on any atom is -0.366 e. The van der Waals surface area contributed by atoms with Gasteiger partial charge in [0.15, 0.2) is 0 Å². The summed E-state index contributed by atoms with van der Waals surface area (Å²) in [6, 6.07) is 0. The van der Waals surface area contributed by atoms with Crippen LogP contribution in [0.4, 0.5) is 0 Å². The molecule has 0 saturated heterocycles. The van der Waals surface area contributed by atoms with Crippen LogP contribution in [0.15, 0.2) is 12.2 Å². The molecule has 0 atom stereocenters. The first-order valence-corrected chi connectivity index (χ1v) is 4.16. The molecule has 3 heteroatoms. The molecular formula is C11H13LiO2. The Morgan fingerprint density at radius 3 is 2.21 bits per heavy atom. The molecule has 0 aromatic heterocycles. The quantitative estimate of drug-likeness (QED) is 0.230. The zero-order chi connectivity index (χ0) is 9.94. The van der Waals surface area contributed by atoms with E-state index in [9.17, 15) is 0 Å². The molecule has 0 aliphatic rings. The van der Waals surface area contributed by atoms with Crippen molar-refractivity contribution in [3.63, 3.8) is 0 Å². The fraction of sp³-hybridized carbons (Fsp3) is 0.455. The van der Waals surface area contributed by atoms with E-state index in [1.165, 1.54) is 12.2 Å². The van der Waals surface area contributed by atoms with Crippen molar-refractivity contribution >= 4 is 0 Å². The molecular weight excluding hydrogens is 171 g/mol. The minimum atomic E-state index is -0.467. The zero-order valence-electron chi connectivity index (χ0n) is 8.96. The number of ether oxygens (including phenoxy) is 2. The van der Waals surface area contributed by atoms with Gasteiger partial charge in [-0.15, -0.1) is 0 Å². The Kier molecular flexibility index (Phi) is 14.0. The van der Waals surface area contributed by atoms with Crippen molar-refractivity contribution in [2.75, 3.05) is 13.2 Å². The second kappa shape index (κ2) is 12.4. The molecule has 2 nitrogen and oxygen atoms in total. The standard InChI is InChI=1S/C11H13O2.Li/c1-4-7-8-9-10-11(12-5-2)13-6-3;/h7-8,11H,5-6H2,2-3H3;/q-1;+1/b8-7-;. The van der Waals surface area contributed by atoms with Crippen molar-refractivity contribution in [2.24, 2.45) is 0 Å². The summed E-state index contributed by atoms with van der Waals surface area (Å²) in [5, 5.41) is 0. The molecule has 0 amide bonds. The van der Waals surface area contributed by atoms with E-state index in [0.717, 1.165) is 0 Å². The van der Waals surface area contributed by atoms with Crippen LogP contribution >= 0.6 is 0 Å². The van der Waals surface area contributed by atoms with Gasteiger partial charge in [0.25, 0.3) is 0 Å². The van der Waals surface area contributed by atoms with Crippen molar-refractivity contribution < 1.29 is 28.3 Å². The molecule has 0 N–H and O–H groups in total. The van der Waals surface area contributed by atoms with Crippen LogP contribution in [0.25, 0.3) is 0 Å². The summed E-state index contributed by atoms with van der Waals surface area (Å²) in [4.78, 5) is 0. The Balaban J connectivity index is 0. The predicted molar refractivity (Wildman–Crippen MR) is 51.1 cm³/mol. The first-order valence-electron chi connectivity index (χ1n) is 4.16. The third-order valence-corrected chi connectivity index (χ3v) is 1.09. The van der Waals surface area contributed by atoms with Gasteiger partial charge in [-0.1, -0.05) is 12.0 Å². The van der Waals surface area contributed by atoms with Gasteiger partial charge in [-0.05, 0) is 19.8 Å². The predicted octanol–water partition coefficient (Wildman–Crippen LogP) is -1.46. The van der Waals surface area contributed by atoms with E-state index >= 15 is 0 Å². The summed E-state index contributed by atoms with van der Waals surface area (Å²) < 4.78 is 10.3. The van der Waals surface area contributed by atoms with E-state index in [2.05, 4.69) is 17.8 Å². The van der Waals surface area contributed by atoms with Crippen LogP contribution in [0.1, 0.15) is 13.8 Å². The monoisotopic (exact) mass is 184 g/mol. The van der Waals surface area contributed by atoms with Crippen LogP contribution in [0, 0.1) is 24.2 Å². The second-order valence-electron chi connectivity index (χ2n) is 2.01. The number of allylic oxidation sites excluding steroid dienone is 2. The molecule has 0 aromatic rings. The third kappa shape index (κ3) is 9.47. The average molecular weight is 184 g/mol. The molecule has 0 saturated carbocycles. The van der Waals surface area contributed by atoms with Crippen LogP contribution in [0.2, 0.25) is 0 Å². The van der Waals surface area contributed by atoms with Gasteiger partial charge in [0.1, 0.15) is 0 Å². The van der Waals surface area contributed by atoms with Gasteiger partial charge in [-0.2, -0.15) is 6.08 Å². The maximum Gasteiger partial charge on any atom is 1.00 e. The van der Waals surface area contributed by atoms with Crippen LogP contribution in [-0.4, -0.2) is 19.5 Å². The van der Waals surface area contributed by atoms with Crippen LogP contribution < -0.4 is 18.9 Å². The Hall–Kier alpha value is -0.623. The van der Waals surface area contributed by atoms with E-state index in [1.54, 1.807) is 0 Å². The number of rotatable bonds is 4.